The molecule has 15 heavy (non-hydrogen) atoms. The van der Waals surface area contributed by atoms with E-state index >= 15 is 0 Å². The average Bonchev–Trinajstić information content (AvgIpc) is 2.20. The van der Waals surface area contributed by atoms with Gasteiger partial charge in [-0.1, -0.05) is 0 Å². The Morgan fingerprint density at radius 2 is 2.00 bits per heavy atom. The van der Waals surface area contributed by atoms with Gasteiger partial charge < -0.3 is 19.9 Å². The lowest BCUT2D eigenvalue weighted by Gasteiger charge is -2.04. The van der Waals surface area contributed by atoms with Crippen LogP contribution in [0.25, 0.3) is 0 Å². The van der Waals surface area contributed by atoms with Gasteiger partial charge in [-0.05, 0) is 19.4 Å². The van der Waals surface area contributed by atoms with E-state index in [9.17, 15) is 4.79 Å². The second kappa shape index (κ2) is 11.4. The molecule has 5 nitrogen and oxygen atoms in total. The standard InChI is InChI=1S/C10H21NO4/c1-14-8-9-15-7-3-2-5-11-6-4-10(12)13/h11H,2-9H2,1H3,(H,12,13). The highest BCUT2D eigenvalue weighted by Gasteiger charge is 1.95. The Morgan fingerprint density at radius 1 is 1.20 bits per heavy atom. The predicted octanol–water partition coefficient (Wildman–Crippen LogP) is 0.494. The Labute approximate surface area is 90.8 Å². The normalized spacial score (nSPS) is 10.5. The van der Waals surface area contributed by atoms with Crippen molar-refractivity contribution in [2.24, 2.45) is 0 Å². The molecule has 0 saturated carbocycles. The molecule has 0 aromatic heterocycles. The lowest BCUT2D eigenvalue weighted by Crippen LogP contribution is -2.19. The molecule has 0 fully saturated rings. The molecule has 0 aromatic rings. The van der Waals surface area contributed by atoms with Crippen LogP contribution in [0.5, 0.6) is 0 Å². The van der Waals surface area contributed by atoms with Crippen molar-refractivity contribution in [2.75, 3.05) is 40.0 Å². The summed E-state index contributed by atoms with van der Waals surface area (Å²) in [6, 6.07) is 0. The molecular weight excluding hydrogens is 198 g/mol. The number of nitrogens with one attached hydrogen (secondary N) is 1. The summed E-state index contributed by atoms with van der Waals surface area (Å²) in [6.45, 7) is 3.41. The maximum absolute atomic E-state index is 10.2. The van der Waals surface area contributed by atoms with E-state index in [0.29, 0.717) is 19.8 Å². The first-order valence-corrected chi connectivity index (χ1v) is 5.26. The molecule has 0 spiro atoms. The molecule has 0 bridgehead atoms. The number of hydrogen-bond donors (Lipinski definition) is 2. The van der Waals surface area contributed by atoms with Gasteiger partial charge in [-0.15, -0.1) is 0 Å². The van der Waals surface area contributed by atoms with E-state index in [4.69, 9.17) is 14.6 Å². The first kappa shape index (κ1) is 14.3. The molecule has 0 atom stereocenters. The fraction of sp³-hybridized carbons (Fsp3) is 0.900. The van der Waals surface area contributed by atoms with E-state index in [1.165, 1.54) is 0 Å². The van der Waals surface area contributed by atoms with Gasteiger partial charge in [0.2, 0.25) is 0 Å². The van der Waals surface area contributed by atoms with Gasteiger partial charge in [0.05, 0.1) is 19.6 Å². The molecule has 0 radical (unpaired) electrons. The highest BCUT2D eigenvalue weighted by atomic mass is 16.5. The van der Waals surface area contributed by atoms with Gasteiger partial charge in [0.25, 0.3) is 0 Å². The van der Waals surface area contributed by atoms with E-state index < -0.39 is 5.97 Å². The Hall–Kier alpha value is -0.650. The molecule has 0 aliphatic rings. The van der Waals surface area contributed by atoms with Gasteiger partial charge in [-0.25, -0.2) is 0 Å². The number of rotatable bonds is 11. The monoisotopic (exact) mass is 219 g/mol. The molecule has 0 aliphatic heterocycles. The lowest BCUT2D eigenvalue weighted by atomic mass is 10.3. The molecule has 0 amide bonds. The van der Waals surface area contributed by atoms with E-state index in [2.05, 4.69) is 5.32 Å². The van der Waals surface area contributed by atoms with E-state index in [1.807, 2.05) is 0 Å². The zero-order valence-corrected chi connectivity index (χ0v) is 9.33. The van der Waals surface area contributed by atoms with Gasteiger partial charge in [0.15, 0.2) is 0 Å². The van der Waals surface area contributed by atoms with Crippen molar-refractivity contribution in [3.63, 3.8) is 0 Å². The van der Waals surface area contributed by atoms with Crippen molar-refractivity contribution in [3.05, 3.63) is 0 Å². The molecular formula is C10H21NO4. The van der Waals surface area contributed by atoms with Crippen LogP contribution in [0, 0.1) is 0 Å². The van der Waals surface area contributed by atoms with Crippen molar-refractivity contribution >= 4 is 5.97 Å². The minimum atomic E-state index is -0.759. The van der Waals surface area contributed by atoms with Gasteiger partial charge in [-0.3, -0.25) is 4.79 Å². The van der Waals surface area contributed by atoms with Gasteiger partial charge >= 0.3 is 5.97 Å². The smallest absolute Gasteiger partial charge is 0.304 e. The number of ether oxygens (including phenoxy) is 2. The second-order valence-corrected chi connectivity index (χ2v) is 3.21. The van der Waals surface area contributed by atoms with Crippen LogP contribution in [-0.4, -0.2) is 51.1 Å². The summed E-state index contributed by atoms with van der Waals surface area (Å²) in [5.74, 6) is -0.759. The van der Waals surface area contributed by atoms with Crippen LogP contribution < -0.4 is 5.32 Å². The van der Waals surface area contributed by atoms with Crippen LogP contribution in [0.2, 0.25) is 0 Å². The highest BCUT2D eigenvalue weighted by molar-refractivity contribution is 5.66. The minimum absolute atomic E-state index is 0.185. The Balaban J connectivity index is 2.89. The fourth-order valence-electron chi connectivity index (χ4n) is 1.02. The van der Waals surface area contributed by atoms with Crippen LogP contribution in [0.1, 0.15) is 19.3 Å². The average molecular weight is 219 g/mol. The third-order valence-corrected chi connectivity index (χ3v) is 1.84. The first-order valence-electron chi connectivity index (χ1n) is 5.26. The lowest BCUT2D eigenvalue weighted by molar-refractivity contribution is -0.136. The number of carbonyl (C=O) groups is 1. The number of unbranched alkanes of at least 4 members (excludes halogenated alkanes) is 1. The van der Waals surface area contributed by atoms with Crippen molar-refractivity contribution in [1.29, 1.82) is 0 Å². The fourth-order valence-corrected chi connectivity index (χ4v) is 1.02. The molecule has 0 aliphatic carbocycles. The zero-order chi connectivity index (χ0) is 11.4. The van der Waals surface area contributed by atoms with Crippen LogP contribution in [0.4, 0.5) is 0 Å². The second-order valence-electron chi connectivity index (χ2n) is 3.21. The van der Waals surface area contributed by atoms with Crippen LogP contribution in [0.15, 0.2) is 0 Å². The summed E-state index contributed by atoms with van der Waals surface area (Å²) in [5.41, 5.74) is 0. The van der Waals surface area contributed by atoms with Crippen molar-refractivity contribution in [1.82, 2.24) is 5.32 Å². The minimum Gasteiger partial charge on any atom is -0.481 e. The number of methoxy groups -OCH3 is 1. The summed E-state index contributed by atoms with van der Waals surface area (Å²) in [7, 11) is 1.65. The number of hydrogen-bond acceptors (Lipinski definition) is 4. The Bertz CT molecular complexity index is 152. The van der Waals surface area contributed by atoms with Crippen LogP contribution >= 0.6 is 0 Å². The number of carboxylic acids is 1. The molecule has 0 heterocycles. The number of aliphatic carboxylic acids is 1. The van der Waals surface area contributed by atoms with Crippen molar-refractivity contribution < 1.29 is 19.4 Å². The summed E-state index contributed by atoms with van der Waals surface area (Å²) in [4.78, 5) is 10.2. The highest BCUT2D eigenvalue weighted by Crippen LogP contribution is 1.89. The third kappa shape index (κ3) is 13.3. The van der Waals surface area contributed by atoms with Crippen molar-refractivity contribution in [2.45, 2.75) is 19.3 Å². The van der Waals surface area contributed by atoms with Gasteiger partial charge in [-0.2, -0.15) is 0 Å². The predicted molar refractivity (Wildman–Crippen MR) is 57.1 cm³/mol. The molecule has 5 heteroatoms. The van der Waals surface area contributed by atoms with E-state index in [0.717, 1.165) is 26.0 Å². The molecule has 0 unspecified atom stereocenters. The zero-order valence-electron chi connectivity index (χ0n) is 9.33. The first-order chi connectivity index (χ1) is 7.27. The SMILES string of the molecule is COCCOCCCCNCCC(=O)O. The molecule has 0 aromatic carbocycles. The molecule has 90 valence electrons. The van der Waals surface area contributed by atoms with E-state index in [1.54, 1.807) is 7.11 Å². The maximum atomic E-state index is 10.2. The maximum Gasteiger partial charge on any atom is 0.304 e. The topological polar surface area (TPSA) is 67.8 Å². The third-order valence-electron chi connectivity index (χ3n) is 1.84. The van der Waals surface area contributed by atoms with Gasteiger partial charge in [0.1, 0.15) is 0 Å². The van der Waals surface area contributed by atoms with Gasteiger partial charge in [0, 0.05) is 20.3 Å². The Kier molecular flexibility index (Phi) is 10.9. The molecule has 0 saturated heterocycles. The molecule has 0 rings (SSSR count). The van der Waals surface area contributed by atoms with Crippen LogP contribution in [0.3, 0.4) is 0 Å². The quantitative estimate of drug-likeness (QED) is 0.495. The Morgan fingerprint density at radius 3 is 2.67 bits per heavy atom. The van der Waals surface area contributed by atoms with E-state index in [-0.39, 0.29) is 6.42 Å². The van der Waals surface area contributed by atoms with Crippen molar-refractivity contribution in [3.8, 4) is 0 Å². The summed E-state index contributed by atoms with van der Waals surface area (Å²) >= 11 is 0. The summed E-state index contributed by atoms with van der Waals surface area (Å²) < 4.78 is 10.1. The number of carboxylic acid groups (broad SMARTS) is 1. The summed E-state index contributed by atoms with van der Waals surface area (Å²) in [5, 5.41) is 11.4. The largest absolute Gasteiger partial charge is 0.481 e. The summed E-state index contributed by atoms with van der Waals surface area (Å²) in [6.07, 6.45) is 2.18. The van der Waals surface area contributed by atoms with Crippen LogP contribution in [-0.2, 0) is 14.3 Å². The molecule has 2 N–H and O–H groups in total.